The predicted octanol–water partition coefficient (Wildman–Crippen LogP) is 4.16. The van der Waals surface area contributed by atoms with Crippen LogP contribution in [0.15, 0.2) is 49.1 Å². The van der Waals surface area contributed by atoms with Crippen molar-refractivity contribution in [2.24, 2.45) is 0 Å². The lowest BCUT2D eigenvalue weighted by molar-refractivity contribution is -0.385. The van der Waals surface area contributed by atoms with Gasteiger partial charge in [0.1, 0.15) is 12.4 Å². The predicted molar refractivity (Wildman–Crippen MR) is 93.0 cm³/mol. The normalized spacial score (nSPS) is 10.2. The van der Waals surface area contributed by atoms with E-state index in [1.54, 1.807) is 0 Å². The van der Waals surface area contributed by atoms with Crippen molar-refractivity contribution in [3.63, 3.8) is 0 Å². The number of nitro benzene ring substituents is 1. The Balaban J connectivity index is 2.40. The van der Waals surface area contributed by atoms with Crippen LogP contribution < -0.4 is 0 Å². The molecule has 2 aromatic rings. The Morgan fingerprint density at radius 1 is 1.31 bits per heavy atom. The zero-order chi connectivity index (χ0) is 19.3. The number of esters is 1. The van der Waals surface area contributed by atoms with Gasteiger partial charge in [0, 0.05) is 18.1 Å². The first kappa shape index (κ1) is 19.3. The van der Waals surface area contributed by atoms with Gasteiger partial charge in [0.25, 0.3) is 5.69 Å². The molecule has 0 radical (unpaired) electrons. The number of carbonyl (C=O) groups excluding carboxylic acids is 2. The summed E-state index contributed by atoms with van der Waals surface area (Å²) < 4.78 is 18.8. The molecule has 0 aromatic heterocycles. The number of hydrogen-bond donors (Lipinski definition) is 0. The topological polar surface area (TPSA) is 86.5 Å². The summed E-state index contributed by atoms with van der Waals surface area (Å²) in [5.41, 5.74) is -0.749. The van der Waals surface area contributed by atoms with E-state index in [1.807, 2.05) is 0 Å². The summed E-state index contributed by atoms with van der Waals surface area (Å²) in [6.07, 6.45) is 0.869. The van der Waals surface area contributed by atoms with Gasteiger partial charge in [-0.15, -0.1) is 0 Å². The van der Waals surface area contributed by atoms with Gasteiger partial charge >= 0.3 is 5.97 Å². The minimum Gasteiger partial charge on any atom is -0.458 e. The minimum atomic E-state index is -0.827. The van der Waals surface area contributed by atoms with E-state index < -0.39 is 28.9 Å². The monoisotopic (exact) mass is 377 g/mol. The van der Waals surface area contributed by atoms with Crippen molar-refractivity contribution in [1.29, 1.82) is 0 Å². The first-order valence-electron chi connectivity index (χ1n) is 7.37. The molecule has 26 heavy (non-hydrogen) atoms. The number of nitrogens with zero attached hydrogens (tertiary/aromatic N) is 1. The van der Waals surface area contributed by atoms with Crippen molar-refractivity contribution >= 4 is 29.0 Å². The molecule has 8 heteroatoms. The molecule has 0 spiro atoms. The van der Waals surface area contributed by atoms with Crippen molar-refractivity contribution < 1.29 is 23.6 Å². The molecule has 6 nitrogen and oxygen atoms in total. The Hall–Kier alpha value is -3.06. The number of halogens is 2. The van der Waals surface area contributed by atoms with Gasteiger partial charge in [-0.25, -0.2) is 9.18 Å². The standard InChI is InChI=1S/C18H13ClFNO5/c1-2-8-26-18(23)11-6-7-15(21(24)25)12(9-11)10-16(22)17-13(19)4-3-5-14(17)20/h2-7,9H,1,8,10H2. The van der Waals surface area contributed by atoms with Gasteiger partial charge in [-0.2, -0.15) is 0 Å². The van der Waals surface area contributed by atoms with Gasteiger partial charge in [0.15, 0.2) is 5.78 Å². The van der Waals surface area contributed by atoms with Gasteiger partial charge in [-0.05, 0) is 24.3 Å². The number of rotatable bonds is 7. The summed E-state index contributed by atoms with van der Waals surface area (Å²) in [4.78, 5) is 34.8. The fourth-order valence-corrected chi connectivity index (χ4v) is 2.54. The molecule has 0 heterocycles. The average molecular weight is 378 g/mol. The second-order valence-electron chi connectivity index (χ2n) is 5.18. The lowest BCUT2D eigenvalue weighted by Gasteiger charge is -2.08. The molecule has 2 aromatic carbocycles. The summed E-state index contributed by atoms with van der Waals surface area (Å²) in [7, 11) is 0. The number of nitro groups is 1. The molecule has 0 aliphatic carbocycles. The van der Waals surface area contributed by atoms with Gasteiger partial charge in [0.2, 0.25) is 0 Å². The maximum Gasteiger partial charge on any atom is 0.338 e. The first-order valence-corrected chi connectivity index (χ1v) is 7.75. The summed E-state index contributed by atoms with van der Waals surface area (Å²) in [6.45, 7) is 3.38. The number of ether oxygens (including phenoxy) is 1. The zero-order valence-corrected chi connectivity index (χ0v) is 14.2. The Bertz CT molecular complexity index is 877. The van der Waals surface area contributed by atoms with Crippen LogP contribution in [0.3, 0.4) is 0 Å². The number of benzene rings is 2. The number of ketones is 1. The molecular weight excluding hydrogens is 365 g/mol. The van der Waals surface area contributed by atoms with Gasteiger partial charge < -0.3 is 4.74 Å². The SMILES string of the molecule is C=CCOC(=O)c1ccc([N+](=O)[O-])c(CC(=O)c2c(F)cccc2Cl)c1. The van der Waals surface area contributed by atoms with Crippen LogP contribution in [0.2, 0.25) is 5.02 Å². The number of hydrogen-bond acceptors (Lipinski definition) is 5. The highest BCUT2D eigenvalue weighted by atomic mass is 35.5. The van der Waals surface area contributed by atoms with Crippen LogP contribution in [-0.4, -0.2) is 23.3 Å². The van der Waals surface area contributed by atoms with Gasteiger partial charge in [-0.3, -0.25) is 14.9 Å². The highest BCUT2D eigenvalue weighted by Crippen LogP contribution is 2.25. The third kappa shape index (κ3) is 4.31. The smallest absolute Gasteiger partial charge is 0.338 e. The molecular formula is C18H13ClFNO5. The Labute approximate surface area is 153 Å². The summed E-state index contributed by atoms with van der Waals surface area (Å²) >= 11 is 5.85. The third-order valence-corrected chi connectivity index (χ3v) is 3.75. The van der Waals surface area contributed by atoms with Crippen molar-refractivity contribution in [1.82, 2.24) is 0 Å². The Morgan fingerprint density at radius 2 is 2.04 bits per heavy atom. The lowest BCUT2D eigenvalue weighted by Crippen LogP contribution is -2.11. The quantitative estimate of drug-likeness (QED) is 0.238. The Kier molecular flexibility index (Phi) is 6.19. The van der Waals surface area contributed by atoms with E-state index in [0.29, 0.717) is 0 Å². The molecule has 0 saturated carbocycles. The maximum atomic E-state index is 13.9. The van der Waals surface area contributed by atoms with Crippen molar-refractivity contribution in [3.8, 4) is 0 Å². The van der Waals surface area contributed by atoms with E-state index in [4.69, 9.17) is 16.3 Å². The molecule has 0 N–H and O–H groups in total. The van der Waals surface area contributed by atoms with Crippen LogP contribution in [0.25, 0.3) is 0 Å². The second kappa shape index (κ2) is 8.35. The molecule has 0 aliphatic rings. The first-order chi connectivity index (χ1) is 12.3. The van der Waals surface area contributed by atoms with E-state index in [9.17, 15) is 24.1 Å². The van der Waals surface area contributed by atoms with Crippen LogP contribution in [0.1, 0.15) is 26.3 Å². The fraction of sp³-hybridized carbons (Fsp3) is 0.111. The Morgan fingerprint density at radius 3 is 2.65 bits per heavy atom. The fourth-order valence-electron chi connectivity index (χ4n) is 2.28. The van der Waals surface area contributed by atoms with E-state index >= 15 is 0 Å². The van der Waals surface area contributed by atoms with Crippen molar-refractivity contribution in [2.75, 3.05) is 6.61 Å². The summed E-state index contributed by atoms with van der Waals surface area (Å²) in [6, 6.07) is 7.24. The second-order valence-corrected chi connectivity index (χ2v) is 5.59. The molecule has 0 saturated heterocycles. The molecule has 0 amide bonds. The van der Waals surface area contributed by atoms with Crippen LogP contribution in [0.5, 0.6) is 0 Å². The third-order valence-electron chi connectivity index (χ3n) is 3.44. The highest BCUT2D eigenvalue weighted by molar-refractivity contribution is 6.34. The average Bonchev–Trinajstić information content (AvgIpc) is 2.59. The van der Waals surface area contributed by atoms with E-state index in [1.165, 1.54) is 30.3 Å². The van der Waals surface area contributed by atoms with Crippen LogP contribution in [-0.2, 0) is 11.2 Å². The molecule has 134 valence electrons. The largest absolute Gasteiger partial charge is 0.458 e. The van der Waals surface area contributed by atoms with Crippen molar-refractivity contribution in [2.45, 2.75) is 6.42 Å². The number of Topliss-reactive ketones (excluding diaryl/α,β-unsaturated/α-hetero) is 1. The highest BCUT2D eigenvalue weighted by Gasteiger charge is 2.23. The van der Waals surface area contributed by atoms with Gasteiger partial charge in [0.05, 0.1) is 21.1 Å². The molecule has 0 atom stereocenters. The molecule has 0 bridgehead atoms. The van der Waals surface area contributed by atoms with Crippen LogP contribution in [0.4, 0.5) is 10.1 Å². The van der Waals surface area contributed by atoms with E-state index in [-0.39, 0.29) is 34.0 Å². The number of carbonyl (C=O) groups is 2. The lowest BCUT2D eigenvalue weighted by atomic mass is 9.99. The van der Waals surface area contributed by atoms with Crippen molar-refractivity contribution in [3.05, 3.63) is 86.7 Å². The molecule has 2 rings (SSSR count). The van der Waals surface area contributed by atoms with Gasteiger partial charge in [-0.1, -0.05) is 30.3 Å². The summed E-state index contributed by atoms with van der Waals surface area (Å²) in [5, 5.41) is 11.1. The molecule has 0 aliphatic heterocycles. The van der Waals surface area contributed by atoms with E-state index in [2.05, 4.69) is 6.58 Å². The molecule has 0 unspecified atom stereocenters. The zero-order valence-electron chi connectivity index (χ0n) is 13.4. The minimum absolute atomic E-state index is 0.0277. The van der Waals surface area contributed by atoms with E-state index in [0.717, 1.165) is 12.1 Å². The summed E-state index contributed by atoms with van der Waals surface area (Å²) in [5.74, 6) is -2.29. The maximum absolute atomic E-state index is 13.9. The van der Waals surface area contributed by atoms with Crippen LogP contribution >= 0.6 is 11.6 Å². The molecule has 0 fully saturated rings. The van der Waals surface area contributed by atoms with Crippen LogP contribution in [0, 0.1) is 15.9 Å².